The van der Waals surface area contributed by atoms with Crippen LogP contribution in [0.5, 0.6) is 0 Å². The number of amides is 1. The fourth-order valence-electron chi connectivity index (χ4n) is 8.13. The van der Waals surface area contributed by atoms with E-state index in [9.17, 15) is 19.4 Å². The van der Waals surface area contributed by atoms with E-state index in [1.165, 1.54) is 199 Å². The SMILES string of the molecule is CCC/C=C/CC/C=C/C(O)C(COP(=O)(O)OCC[N+](C)(C)C)NC(=O)CCCCCCCCCCCCCCCCCCCCCCCCCCCCCCCCCCCC. The predicted octanol–water partition coefficient (Wildman–Crippen LogP) is 16.0. The first-order valence-corrected chi connectivity index (χ1v) is 28.7. The van der Waals surface area contributed by atoms with Crippen molar-refractivity contribution in [1.82, 2.24) is 5.32 Å². The summed E-state index contributed by atoms with van der Waals surface area (Å²) in [4.78, 5) is 23.0. The smallest absolute Gasteiger partial charge is 0.387 e. The van der Waals surface area contributed by atoms with E-state index in [0.717, 1.165) is 44.9 Å². The summed E-state index contributed by atoms with van der Waals surface area (Å²) in [7, 11) is 1.56. The molecule has 3 unspecified atom stereocenters. The number of nitrogens with one attached hydrogen (secondary N) is 1. The number of hydrogen-bond donors (Lipinski definition) is 3. The van der Waals surface area contributed by atoms with Crippen LogP contribution in [0.15, 0.2) is 24.3 Å². The minimum absolute atomic E-state index is 0.0576. The zero-order valence-electron chi connectivity index (χ0n) is 42.6. The van der Waals surface area contributed by atoms with Gasteiger partial charge in [0.15, 0.2) is 0 Å². The molecule has 9 heteroatoms. The van der Waals surface area contributed by atoms with Crippen molar-refractivity contribution in [2.24, 2.45) is 0 Å². The lowest BCUT2D eigenvalue weighted by atomic mass is 10.0. The average molecular weight is 912 g/mol. The monoisotopic (exact) mass is 912 g/mol. The number of allylic oxidation sites excluding steroid dienone is 3. The molecule has 3 atom stereocenters. The van der Waals surface area contributed by atoms with Gasteiger partial charge in [-0.05, 0) is 25.7 Å². The van der Waals surface area contributed by atoms with Gasteiger partial charge in [-0.3, -0.25) is 13.8 Å². The molecule has 0 fully saturated rings. The van der Waals surface area contributed by atoms with Gasteiger partial charge < -0.3 is 19.8 Å². The topological polar surface area (TPSA) is 105 Å². The van der Waals surface area contributed by atoms with E-state index in [1.54, 1.807) is 6.08 Å². The number of nitrogens with zero attached hydrogens (tertiary/aromatic N) is 1. The molecule has 63 heavy (non-hydrogen) atoms. The Morgan fingerprint density at radius 1 is 0.524 bits per heavy atom. The van der Waals surface area contributed by atoms with Crippen LogP contribution in [0.4, 0.5) is 0 Å². The van der Waals surface area contributed by atoms with Crippen LogP contribution in [0.1, 0.15) is 264 Å². The summed E-state index contributed by atoms with van der Waals surface area (Å²) >= 11 is 0. The Hall–Kier alpha value is -1.02. The summed E-state index contributed by atoms with van der Waals surface area (Å²) in [6, 6.07) is -0.857. The lowest BCUT2D eigenvalue weighted by Crippen LogP contribution is -2.45. The molecule has 0 aliphatic carbocycles. The van der Waals surface area contributed by atoms with Gasteiger partial charge in [0.2, 0.25) is 5.91 Å². The summed E-state index contributed by atoms with van der Waals surface area (Å²) in [6.45, 7) is 4.71. The van der Waals surface area contributed by atoms with Gasteiger partial charge in [0, 0.05) is 6.42 Å². The van der Waals surface area contributed by atoms with E-state index in [2.05, 4.69) is 31.3 Å². The van der Waals surface area contributed by atoms with Gasteiger partial charge in [-0.2, -0.15) is 0 Å². The third-order valence-corrected chi connectivity index (χ3v) is 13.4. The van der Waals surface area contributed by atoms with E-state index in [-0.39, 0.29) is 19.1 Å². The van der Waals surface area contributed by atoms with Crippen LogP contribution in [0.3, 0.4) is 0 Å². The number of hydrogen-bond acceptors (Lipinski definition) is 5. The second-order valence-electron chi connectivity index (χ2n) is 20.0. The maximum atomic E-state index is 12.8. The number of phosphoric ester groups is 1. The third kappa shape index (κ3) is 48.7. The first-order valence-electron chi connectivity index (χ1n) is 27.2. The van der Waals surface area contributed by atoms with Gasteiger partial charge >= 0.3 is 7.82 Å². The van der Waals surface area contributed by atoms with E-state index in [4.69, 9.17) is 9.05 Å². The molecule has 1 amide bonds. The maximum absolute atomic E-state index is 12.8. The number of carbonyl (C=O) groups excluding carboxylic acids is 1. The fourth-order valence-corrected chi connectivity index (χ4v) is 8.86. The fraction of sp³-hybridized carbons (Fsp3) is 0.907. The number of quaternary nitrogens is 1. The first kappa shape index (κ1) is 62.0. The molecular formula is C54H108N2O6P+. The number of carbonyl (C=O) groups is 1. The van der Waals surface area contributed by atoms with Crippen LogP contribution in [0.2, 0.25) is 0 Å². The second-order valence-corrected chi connectivity index (χ2v) is 21.4. The highest BCUT2D eigenvalue weighted by atomic mass is 31.2. The molecule has 8 nitrogen and oxygen atoms in total. The van der Waals surface area contributed by atoms with Crippen molar-refractivity contribution in [2.75, 3.05) is 40.9 Å². The van der Waals surface area contributed by atoms with Crippen LogP contribution >= 0.6 is 7.82 Å². The molecule has 0 aromatic heterocycles. The zero-order valence-corrected chi connectivity index (χ0v) is 43.5. The van der Waals surface area contributed by atoms with E-state index >= 15 is 0 Å². The van der Waals surface area contributed by atoms with Crippen molar-refractivity contribution in [3.63, 3.8) is 0 Å². The van der Waals surface area contributed by atoms with Gasteiger partial charge in [-0.25, -0.2) is 4.57 Å². The Kier molecular flexibility index (Phi) is 45.4. The number of aliphatic hydroxyl groups is 1. The van der Waals surface area contributed by atoms with Gasteiger partial charge in [-0.15, -0.1) is 0 Å². The molecule has 374 valence electrons. The minimum atomic E-state index is -4.33. The standard InChI is InChI=1S/C54H107N2O6P/c1-6-8-10-12-14-15-16-17-18-19-20-21-22-23-24-25-26-27-28-29-30-31-32-33-34-35-36-37-38-39-40-42-44-46-48-54(58)55-52(53(57)47-45-43-41-13-11-9-7-2)51-62-63(59,60)61-50-49-56(3,4)5/h11,13,45,47,52-53,57H,6-10,12,14-44,46,48-51H2,1-5H3,(H-,55,58,59,60)/p+1/b13-11+,47-45+. The van der Waals surface area contributed by atoms with Gasteiger partial charge in [0.25, 0.3) is 0 Å². The van der Waals surface area contributed by atoms with Crippen LogP contribution in [-0.4, -0.2) is 73.4 Å². The Morgan fingerprint density at radius 2 is 0.873 bits per heavy atom. The van der Waals surface area contributed by atoms with Gasteiger partial charge in [-0.1, -0.05) is 256 Å². The van der Waals surface area contributed by atoms with Crippen LogP contribution < -0.4 is 5.32 Å². The molecule has 0 aliphatic heterocycles. The summed E-state index contributed by atoms with van der Waals surface area (Å²) < 4.78 is 23.5. The summed E-state index contributed by atoms with van der Waals surface area (Å²) in [6.07, 6.45) is 57.7. The Labute approximate surface area is 392 Å². The Balaban J connectivity index is 3.79. The quantitative estimate of drug-likeness (QED) is 0.0243. The van der Waals surface area contributed by atoms with Crippen molar-refractivity contribution in [1.29, 1.82) is 0 Å². The summed E-state index contributed by atoms with van der Waals surface area (Å²) in [5.74, 6) is -0.187. The molecule has 0 aromatic rings. The Morgan fingerprint density at radius 3 is 1.24 bits per heavy atom. The molecule has 0 rings (SSSR count). The zero-order chi connectivity index (χ0) is 46.4. The molecule has 0 saturated heterocycles. The molecule has 0 saturated carbocycles. The summed E-state index contributed by atoms with van der Waals surface area (Å²) in [5, 5.41) is 13.7. The van der Waals surface area contributed by atoms with E-state index in [1.807, 2.05) is 27.2 Å². The number of unbranched alkanes of at least 4 members (excludes halogenated alkanes) is 35. The Bertz CT molecular complexity index is 1080. The molecule has 3 N–H and O–H groups in total. The molecule has 0 spiro atoms. The van der Waals surface area contributed by atoms with Gasteiger partial charge in [0.1, 0.15) is 13.2 Å². The second kappa shape index (κ2) is 46.1. The number of likely N-dealkylation sites (N-methyl/N-ethyl adjacent to an activating group) is 1. The van der Waals surface area contributed by atoms with Crippen molar-refractivity contribution < 1.29 is 32.9 Å². The third-order valence-electron chi connectivity index (χ3n) is 12.4. The van der Waals surface area contributed by atoms with Crippen molar-refractivity contribution >= 4 is 13.7 Å². The van der Waals surface area contributed by atoms with Crippen LogP contribution in [0, 0.1) is 0 Å². The normalized spacial score (nSPS) is 14.2. The van der Waals surface area contributed by atoms with E-state index in [0.29, 0.717) is 17.4 Å². The molecule has 0 aromatic carbocycles. The number of phosphoric acid groups is 1. The van der Waals surface area contributed by atoms with Crippen molar-refractivity contribution in [3.8, 4) is 0 Å². The average Bonchev–Trinajstić information content (AvgIpc) is 3.24. The molecule has 0 heterocycles. The lowest BCUT2D eigenvalue weighted by molar-refractivity contribution is -0.870. The highest BCUT2D eigenvalue weighted by Crippen LogP contribution is 2.43. The largest absolute Gasteiger partial charge is 0.472 e. The maximum Gasteiger partial charge on any atom is 0.472 e. The highest BCUT2D eigenvalue weighted by molar-refractivity contribution is 7.47. The molecule has 0 aliphatic rings. The summed E-state index contributed by atoms with van der Waals surface area (Å²) in [5.41, 5.74) is 0. The minimum Gasteiger partial charge on any atom is -0.387 e. The van der Waals surface area contributed by atoms with Crippen molar-refractivity contribution in [3.05, 3.63) is 24.3 Å². The lowest BCUT2D eigenvalue weighted by Gasteiger charge is -2.25. The van der Waals surface area contributed by atoms with Crippen molar-refractivity contribution in [2.45, 2.75) is 276 Å². The van der Waals surface area contributed by atoms with Crippen LogP contribution in [0.25, 0.3) is 0 Å². The molecule has 0 bridgehead atoms. The first-order chi connectivity index (χ1) is 30.5. The predicted molar refractivity (Wildman–Crippen MR) is 272 cm³/mol. The molecule has 0 radical (unpaired) electrons. The van der Waals surface area contributed by atoms with Crippen LogP contribution in [-0.2, 0) is 18.4 Å². The number of aliphatic hydroxyl groups excluding tert-OH is 1. The number of rotatable bonds is 50. The van der Waals surface area contributed by atoms with Gasteiger partial charge in [0.05, 0.1) is 39.9 Å². The highest BCUT2D eigenvalue weighted by Gasteiger charge is 2.27. The van der Waals surface area contributed by atoms with E-state index < -0.39 is 20.0 Å². The molecular weight excluding hydrogens is 804 g/mol.